The number of carbonyl (C=O) groups is 4. The van der Waals surface area contributed by atoms with Crippen LogP contribution in [-0.4, -0.2) is 89.2 Å². The number of aromatic nitrogens is 2. The molecule has 2 N–H and O–H groups in total. The van der Waals surface area contributed by atoms with Crippen molar-refractivity contribution in [2.75, 3.05) is 13.7 Å². The maximum atomic E-state index is 14.7. The number of fused-ring (bicyclic) bond motifs is 1. The lowest BCUT2D eigenvalue weighted by Crippen LogP contribution is -2.57. The van der Waals surface area contributed by atoms with E-state index in [9.17, 15) is 27.6 Å². The number of benzene rings is 1. The summed E-state index contributed by atoms with van der Waals surface area (Å²) in [4.78, 5) is 66.8. The van der Waals surface area contributed by atoms with Gasteiger partial charge in [0.15, 0.2) is 0 Å². The average molecular weight is 768 g/mol. The molecule has 1 saturated heterocycles. The van der Waals surface area contributed by atoms with Gasteiger partial charge in [-0.05, 0) is 75.8 Å². The van der Waals surface area contributed by atoms with Gasteiger partial charge in [-0.3, -0.25) is 23.9 Å². The second kappa shape index (κ2) is 14.8. The van der Waals surface area contributed by atoms with Crippen molar-refractivity contribution < 1.29 is 41.8 Å². The number of esters is 1. The molecule has 4 fully saturated rings. The van der Waals surface area contributed by atoms with Crippen LogP contribution < -0.4 is 19.5 Å². The van der Waals surface area contributed by atoms with E-state index >= 15 is 0 Å². The Morgan fingerprint density at radius 3 is 2.39 bits per heavy atom. The van der Waals surface area contributed by atoms with E-state index in [4.69, 9.17) is 24.2 Å². The van der Waals surface area contributed by atoms with E-state index in [0.717, 1.165) is 25.7 Å². The quantitative estimate of drug-likeness (QED) is 0.208. The van der Waals surface area contributed by atoms with E-state index in [1.165, 1.54) is 11.0 Å². The number of hydrogen-bond donors (Lipinski definition) is 2. The monoisotopic (exact) mass is 767 g/mol. The van der Waals surface area contributed by atoms with E-state index in [0.29, 0.717) is 41.7 Å². The van der Waals surface area contributed by atoms with Gasteiger partial charge >= 0.3 is 5.97 Å². The van der Waals surface area contributed by atoms with Gasteiger partial charge in [0.2, 0.25) is 27.7 Å². The van der Waals surface area contributed by atoms with Crippen LogP contribution in [0.1, 0.15) is 98.1 Å². The molecule has 6 rings (SSSR count). The largest absolute Gasteiger partial charge is 0.497 e. The molecule has 0 radical (unpaired) electrons. The lowest BCUT2D eigenvalue weighted by Gasteiger charge is -2.35. The zero-order valence-electron chi connectivity index (χ0n) is 32.1. The minimum atomic E-state index is -3.99. The van der Waals surface area contributed by atoms with Gasteiger partial charge in [0.1, 0.15) is 35.2 Å². The molecule has 1 aromatic carbocycles. The van der Waals surface area contributed by atoms with Gasteiger partial charge in [-0.15, -0.1) is 6.58 Å². The zero-order valence-corrected chi connectivity index (χ0v) is 32.9. The summed E-state index contributed by atoms with van der Waals surface area (Å²) in [7, 11) is -2.44. The Labute approximate surface area is 317 Å². The number of carbonyl (C=O) groups excluding carboxylic acids is 4. The van der Waals surface area contributed by atoms with E-state index < -0.39 is 73.4 Å². The molecular weight excluding hydrogens is 715 g/mol. The predicted octanol–water partition coefficient (Wildman–Crippen LogP) is 4.15. The first kappa shape index (κ1) is 39.4. The number of methoxy groups -OCH3 is 1. The molecule has 2 heterocycles. The summed E-state index contributed by atoms with van der Waals surface area (Å²) in [6, 6.07) is 4.22. The Kier molecular flexibility index (Phi) is 10.8. The highest BCUT2D eigenvalue weighted by molar-refractivity contribution is 7.91. The van der Waals surface area contributed by atoms with Gasteiger partial charge in [-0.2, -0.15) is 0 Å². The molecule has 1 aromatic heterocycles. The summed E-state index contributed by atoms with van der Waals surface area (Å²) in [5.74, 6) is -2.89. The fraction of sp³-hybridized carbons (Fsp3) is 0.641. The van der Waals surface area contributed by atoms with Crippen molar-refractivity contribution in [3.8, 4) is 11.6 Å². The van der Waals surface area contributed by atoms with Gasteiger partial charge in [-0.1, -0.05) is 33.8 Å². The molecule has 3 aliphatic carbocycles. The van der Waals surface area contributed by atoms with E-state index in [2.05, 4.69) is 16.6 Å². The first-order valence-corrected chi connectivity index (χ1v) is 20.4. The van der Waals surface area contributed by atoms with Crippen molar-refractivity contribution in [2.45, 2.75) is 127 Å². The molecule has 3 amide bonds. The molecule has 15 heteroatoms. The van der Waals surface area contributed by atoms with Gasteiger partial charge in [-0.25, -0.2) is 18.4 Å². The number of nitrogens with one attached hydrogen (secondary N) is 2. The van der Waals surface area contributed by atoms with Crippen molar-refractivity contribution in [2.24, 2.45) is 17.3 Å². The summed E-state index contributed by atoms with van der Waals surface area (Å²) in [6.07, 6.45) is 5.55. The minimum absolute atomic E-state index is 0.0149. The molecule has 14 nitrogen and oxygen atoms in total. The van der Waals surface area contributed by atoms with E-state index in [1.807, 2.05) is 27.7 Å². The summed E-state index contributed by atoms with van der Waals surface area (Å²) < 4.78 is 44.8. The van der Waals surface area contributed by atoms with Crippen LogP contribution in [0.3, 0.4) is 0 Å². The lowest BCUT2D eigenvalue weighted by atomic mass is 9.77. The highest BCUT2D eigenvalue weighted by Gasteiger charge is 2.63. The van der Waals surface area contributed by atoms with Crippen LogP contribution in [0.5, 0.6) is 11.6 Å². The van der Waals surface area contributed by atoms with Crippen molar-refractivity contribution in [3.05, 3.63) is 36.5 Å². The van der Waals surface area contributed by atoms with Gasteiger partial charge < -0.3 is 24.4 Å². The van der Waals surface area contributed by atoms with Crippen LogP contribution in [0, 0.1) is 17.3 Å². The third-order valence-electron chi connectivity index (χ3n) is 11.6. The number of aryl methyl sites for hydroxylation is 1. The molecule has 0 unspecified atom stereocenters. The first-order chi connectivity index (χ1) is 25.4. The Hall–Kier alpha value is -4.27. The molecule has 294 valence electrons. The number of amides is 3. The smallest absolute Gasteiger partial charge is 0.306 e. The van der Waals surface area contributed by atoms with Gasteiger partial charge in [0.25, 0.3) is 5.91 Å². The third kappa shape index (κ3) is 7.92. The molecule has 2 aromatic rings. The maximum absolute atomic E-state index is 14.7. The standard InChI is InChI=1S/C39H53N5O9S/c1-8-23-21-39(23,36(48)43-54(49,50)38(6)16-17-38)42-33(46)31-19-26(53-34-28(9-2)40-29-15-14-25(51-7)18-30(29)41-34)22-44(31)35(47)27(37(3,4)5)20-32(45)52-24-12-10-11-13-24/h8,14-15,18,23-24,26-27,31H,1,9-13,16-17,19-22H2,2-7H3,(H,42,46)(H,43,48)/t23-,26-,27-,31+,39-/m1/s1. The highest BCUT2D eigenvalue weighted by Crippen LogP contribution is 2.47. The van der Waals surface area contributed by atoms with Crippen LogP contribution in [0.15, 0.2) is 30.9 Å². The predicted molar refractivity (Wildman–Crippen MR) is 200 cm³/mol. The van der Waals surface area contributed by atoms with Crippen LogP contribution in [0.4, 0.5) is 0 Å². The third-order valence-corrected chi connectivity index (χ3v) is 13.7. The summed E-state index contributed by atoms with van der Waals surface area (Å²) in [5.41, 5.74) is -0.461. The van der Waals surface area contributed by atoms with Gasteiger partial charge in [0.05, 0.1) is 41.8 Å². The summed E-state index contributed by atoms with van der Waals surface area (Å²) in [6.45, 7) is 12.9. The molecule has 0 bridgehead atoms. The molecule has 5 atom stereocenters. The Morgan fingerprint density at radius 2 is 1.80 bits per heavy atom. The van der Waals surface area contributed by atoms with Gasteiger partial charge in [0, 0.05) is 18.4 Å². The molecular formula is C39H53N5O9S. The second-order valence-electron chi connectivity index (χ2n) is 16.6. The number of sulfonamides is 1. The topological polar surface area (TPSA) is 183 Å². The van der Waals surface area contributed by atoms with Crippen molar-refractivity contribution in [1.82, 2.24) is 24.9 Å². The average Bonchev–Trinajstić information content (AvgIpc) is 3.90. The molecule has 1 aliphatic heterocycles. The van der Waals surface area contributed by atoms with E-state index in [-0.39, 0.29) is 37.8 Å². The summed E-state index contributed by atoms with van der Waals surface area (Å²) >= 11 is 0. The van der Waals surface area contributed by atoms with Crippen LogP contribution in [-0.2, 0) is 40.4 Å². The Morgan fingerprint density at radius 1 is 1.09 bits per heavy atom. The number of ether oxygens (including phenoxy) is 3. The first-order valence-electron chi connectivity index (χ1n) is 19.0. The highest BCUT2D eigenvalue weighted by atomic mass is 32.2. The van der Waals surface area contributed by atoms with Crippen molar-refractivity contribution in [1.29, 1.82) is 0 Å². The SMILES string of the molecule is C=C[C@@H]1C[C@]1(NC(=O)[C@@H]1C[C@@H](Oc2nc3cc(OC)ccc3nc2CC)CN1C(=O)[C@@H](CC(=O)OC1CCCC1)C(C)(C)C)C(=O)NS(=O)(=O)C1(C)CC1. The number of hydrogen-bond acceptors (Lipinski definition) is 11. The maximum Gasteiger partial charge on any atom is 0.306 e. The summed E-state index contributed by atoms with van der Waals surface area (Å²) in [5, 5.41) is 2.83. The molecule has 54 heavy (non-hydrogen) atoms. The normalized spacial score (nSPS) is 25.4. The Bertz CT molecular complexity index is 1940. The zero-order chi connectivity index (χ0) is 39.2. The van der Waals surface area contributed by atoms with Crippen molar-refractivity contribution >= 4 is 44.7 Å². The molecule has 4 aliphatic rings. The van der Waals surface area contributed by atoms with Crippen molar-refractivity contribution in [3.63, 3.8) is 0 Å². The Balaban J connectivity index is 1.29. The van der Waals surface area contributed by atoms with E-state index in [1.54, 1.807) is 32.2 Å². The fourth-order valence-electron chi connectivity index (χ4n) is 7.53. The van der Waals surface area contributed by atoms with Crippen LogP contribution in [0.25, 0.3) is 11.0 Å². The molecule has 0 spiro atoms. The minimum Gasteiger partial charge on any atom is -0.497 e. The lowest BCUT2D eigenvalue weighted by molar-refractivity contribution is -0.156. The van der Waals surface area contributed by atoms with Crippen LogP contribution in [0.2, 0.25) is 0 Å². The molecule has 3 saturated carbocycles. The number of nitrogens with zero attached hydrogens (tertiary/aromatic N) is 3. The second-order valence-corrected chi connectivity index (χ2v) is 18.8. The fourth-order valence-corrected chi connectivity index (χ4v) is 8.84. The number of rotatable bonds is 14. The number of likely N-dealkylation sites (tertiary alicyclic amines) is 1. The van der Waals surface area contributed by atoms with Crippen LogP contribution >= 0.6 is 0 Å².